The lowest BCUT2D eigenvalue weighted by Gasteiger charge is -2.27. The zero-order valence-corrected chi connectivity index (χ0v) is 15.6. The average Bonchev–Trinajstić information content (AvgIpc) is 2.49. The number of aryl methyl sites for hydroxylation is 2. The fraction of sp³-hybridized carbons (Fsp3) is 0.611. The second kappa shape index (κ2) is 8.12. The van der Waals surface area contributed by atoms with Crippen molar-refractivity contribution in [2.75, 3.05) is 6.54 Å². The van der Waals surface area contributed by atoms with Gasteiger partial charge >= 0.3 is 0 Å². The lowest BCUT2D eigenvalue weighted by molar-refractivity contribution is -0.121. The predicted molar refractivity (Wildman–Crippen MR) is 95.3 cm³/mol. The summed E-state index contributed by atoms with van der Waals surface area (Å²) in [4.78, 5) is 12.3. The minimum Gasteiger partial charge on any atom is -0.353 e. The molecule has 2 unspecified atom stereocenters. The van der Waals surface area contributed by atoms with Crippen LogP contribution >= 0.6 is 0 Å². The summed E-state index contributed by atoms with van der Waals surface area (Å²) in [7, 11) is -3.58. The van der Waals surface area contributed by atoms with Crippen molar-refractivity contribution in [3.05, 3.63) is 29.3 Å². The maximum Gasteiger partial charge on any atom is 0.240 e. The van der Waals surface area contributed by atoms with E-state index in [0.717, 1.165) is 24.8 Å². The summed E-state index contributed by atoms with van der Waals surface area (Å²) in [5.74, 6) is 0.560. The van der Waals surface area contributed by atoms with Gasteiger partial charge in [-0.3, -0.25) is 4.79 Å². The van der Waals surface area contributed by atoms with Crippen molar-refractivity contribution in [2.45, 2.75) is 63.8 Å². The van der Waals surface area contributed by atoms with Gasteiger partial charge in [-0.2, -0.15) is 0 Å². The molecule has 0 heterocycles. The first-order valence-corrected chi connectivity index (χ1v) is 10.1. The molecule has 134 valence electrons. The monoisotopic (exact) mass is 352 g/mol. The highest BCUT2D eigenvalue weighted by molar-refractivity contribution is 7.89. The number of amides is 1. The van der Waals surface area contributed by atoms with Crippen molar-refractivity contribution in [1.82, 2.24) is 10.0 Å². The Bertz CT molecular complexity index is 686. The number of carbonyl (C=O) groups excluding carboxylic acids is 1. The number of sulfonamides is 1. The van der Waals surface area contributed by atoms with Crippen molar-refractivity contribution in [3.8, 4) is 0 Å². The van der Waals surface area contributed by atoms with E-state index in [0.29, 0.717) is 11.5 Å². The number of hydrogen-bond donors (Lipinski definition) is 2. The van der Waals surface area contributed by atoms with Gasteiger partial charge in [0, 0.05) is 19.0 Å². The number of carbonyl (C=O) groups is 1. The summed E-state index contributed by atoms with van der Waals surface area (Å²) in [6.07, 6.45) is 4.56. The largest absolute Gasteiger partial charge is 0.353 e. The SMILES string of the molecule is Cc1ccc(C)c(S(=O)(=O)NCCC(=O)NC2CCCC(C)C2)c1. The van der Waals surface area contributed by atoms with Crippen LogP contribution < -0.4 is 10.0 Å². The molecule has 1 aromatic carbocycles. The van der Waals surface area contributed by atoms with Gasteiger partial charge in [-0.25, -0.2) is 13.1 Å². The Hall–Kier alpha value is -1.40. The lowest BCUT2D eigenvalue weighted by atomic mass is 9.87. The molecule has 0 radical (unpaired) electrons. The Balaban J connectivity index is 1.84. The molecular weight excluding hydrogens is 324 g/mol. The van der Waals surface area contributed by atoms with E-state index in [1.54, 1.807) is 19.1 Å². The van der Waals surface area contributed by atoms with Crippen LogP contribution in [0, 0.1) is 19.8 Å². The second-order valence-corrected chi connectivity index (χ2v) is 8.69. The number of hydrogen-bond acceptors (Lipinski definition) is 3. The maximum absolute atomic E-state index is 12.4. The summed E-state index contributed by atoms with van der Waals surface area (Å²) < 4.78 is 27.3. The van der Waals surface area contributed by atoms with Crippen LogP contribution in [0.1, 0.15) is 50.2 Å². The molecule has 0 aromatic heterocycles. The highest BCUT2D eigenvalue weighted by Gasteiger charge is 2.21. The first kappa shape index (κ1) is 18.9. The van der Waals surface area contributed by atoms with Crippen LogP contribution in [0.4, 0.5) is 0 Å². The molecule has 1 saturated carbocycles. The van der Waals surface area contributed by atoms with E-state index in [2.05, 4.69) is 17.0 Å². The van der Waals surface area contributed by atoms with E-state index < -0.39 is 10.0 Å². The molecule has 1 amide bonds. The van der Waals surface area contributed by atoms with Gasteiger partial charge in [0.1, 0.15) is 0 Å². The maximum atomic E-state index is 12.4. The third-order valence-corrected chi connectivity index (χ3v) is 6.18. The molecule has 2 N–H and O–H groups in total. The van der Waals surface area contributed by atoms with Crippen LogP contribution in [0.5, 0.6) is 0 Å². The van der Waals surface area contributed by atoms with Crippen molar-refractivity contribution in [2.24, 2.45) is 5.92 Å². The molecule has 1 aliphatic rings. The molecule has 0 bridgehead atoms. The van der Waals surface area contributed by atoms with Crippen molar-refractivity contribution < 1.29 is 13.2 Å². The van der Waals surface area contributed by atoms with Crippen LogP contribution in [0.15, 0.2) is 23.1 Å². The quantitative estimate of drug-likeness (QED) is 0.826. The Labute approximate surface area is 145 Å². The molecule has 0 spiro atoms. The van der Waals surface area contributed by atoms with Gasteiger partial charge in [0.15, 0.2) is 0 Å². The van der Waals surface area contributed by atoms with Crippen LogP contribution in [0.3, 0.4) is 0 Å². The van der Waals surface area contributed by atoms with Crippen molar-refractivity contribution >= 4 is 15.9 Å². The molecule has 0 saturated heterocycles. The van der Waals surface area contributed by atoms with Gasteiger partial charge in [-0.1, -0.05) is 31.9 Å². The van der Waals surface area contributed by atoms with E-state index in [4.69, 9.17) is 0 Å². The number of benzene rings is 1. The fourth-order valence-corrected chi connectivity index (χ4v) is 4.60. The smallest absolute Gasteiger partial charge is 0.240 e. The third kappa shape index (κ3) is 5.31. The topological polar surface area (TPSA) is 75.3 Å². The Morgan fingerprint density at radius 3 is 2.71 bits per heavy atom. The summed E-state index contributed by atoms with van der Waals surface area (Å²) in [5.41, 5.74) is 1.60. The Kier molecular flexibility index (Phi) is 6.40. The highest BCUT2D eigenvalue weighted by Crippen LogP contribution is 2.23. The average molecular weight is 353 g/mol. The number of rotatable bonds is 6. The van der Waals surface area contributed by atoms with E-state index >= 15 is 0 Å². The van der Waals surface area contributed by atoms with E-state index in [1.165, 1.54) is 6.42 Å². The summed E-state index contributed by atoms with van der Waals surface area (Å²) in [6.45, 7) is 5.95. The highest BCUT2D eigenvalue weighted by atomic mass is 32.2. The predicted octanol–water partition coefficient (Wildman–Crippen LogP) is 2.67. The summed E-state index contributed by atoms with van der Waals surface area (Å²) in [5, 5.41) is 3.02. The van der Waals surface area contributed by atoms with Gasteiger partial charge in [-0.05, 0) is 49.8 Å². The molecular formula is C18H28N2O3S. The lowest BCUT2D eigenvalue weighted by Crippen LogP contribution is -2.39. The first-order valence-electron chi connectivity index (χ1n) is 8.64. The van der Waals surface area contributed by atoms with Gasteiger partial charge in [0.2, 0.25) is 15.9 Å². The standard InChI is InChI=1S/C18H28N2O3S/c1-13-5-4-6-16(11-13)20-18(21)9-10-19-24(22,23)17-12-14(2)7-8-15(17)3/h7-8,12-13,16,19H,4-6,9-11H2,1-3H3,(H,20,21). The summed E-state index contributed by atoms with van der Waals surface area (Å²) in [6, 6.07) is 5.56. The van der Waals surface area contributed by atoms with Gasteiger partial charge in [0.25, 0.3) is 0 Å². The van der Waals surface area contributed by atoms with Crippen molar-refractivity contribution in [1.29, 1.82) is 0 Å². The van der Waals surface area contributed by atoms with Crippen LogP contribution in [0.25, 0.3) is 0 Å². The molecule has 2 rings (SSSR count). The molecule has 5 nitrogen and oxygen atoms in total. The molecule has 1 aromatic rings. The minimum atomic E-state index is -3.58. The Morgan fingerprint density at radius 2 is 2.00 bits per heavy atom. The second-order valence-electron chi connectivity index (χ2n) is 6.95. The number of nitrogens with one attached hydrogen (secondary N) is 2. The zero-order valence-electron chi connectivity index (χ0n) is 14.8. The minimum absolute atomic E-state index is 0.0854. The van der Waals surface area contributed by atoms with Crippen LogP contribution in [0.2, 0.25) is 0 Å². The van der Waals surface area contributed by atoms with E-state index in [9.17, 15) is 13.2 Å². The molecule has 1 fully saturated rings. The van der Waals surface area contributed by atoms with Crippen LogP contribution in [-0.2, 0) is 14.8 Å². The molecule has 1 aliphatic carbocycles. The van der Waals surface area contributed by atoms with E-state index in [-0.39, 0.29) is 29.8 Å². The normalized spacial score (nSPS) is 21.5. The van der Waals surface area contributed by atoms with Crippen molar-refractivity contribution in [3.63, 3.8) is 0 Å². The van der Waals surface area contributed by atoms with Crippen LogP contribution in [-0.4, -0.2) is 26.9 Å². The summed E-state index contributed by atoms with van der Waals surface area (Å²) >= 11 is 0. The van der Waals surface area contributed by atoms with Gasteiger partial charge in [-0.15, -0.1) is 0 Å². The first-order chi connectivity index (χ1) is 11.3. The molecule has 0 aliphatic heterocycles. The fourth-order valence-electron chi connectivity index (χ4n) is 3.24. The third-order valence-electron chi connectivity index (χ3n) is 4.58. The van der Waals surface area contributed by atoms with Gasteiger partial charge < -0.3 is 5.32 Å². The zero-order chi connectivity index (χ0) is 17.7. The molecule has 24 heavy (non-hydrogen) atoms. The Morgan fingerprint density at radius 1 is 1.25 bits per heavy atom. The molecule has 6 heteroatoms. The van der Waals surface area contributed by atoms with Gasteiger partial charge in [0.05, 0.1) is 4.90 Å². The van der Waals surface area contributed by atoms with E-state index in [1.807, 2.05) is 13.0 Å². The molecule has 2 atom stereocenters.